The number of para-hydroxylation sites is 1. The summed E-state index contributed by atoms with van der Waals surface area (Å²) in [6.45, 7) is 17.6. The molecule has 0 bridgehead atoms. The molecule has 0 fully saturated rings. The molecule has 0 saturated carbocycles. The molecular formula is C39H48N2O2Si. The zero-order valence-electron chi connectivity index (χ0n) is 27.7. The van der Waals surface area contributed by atoms with Crippen molar-refractivity contribution in [3.05, 3.63) is 115 Å². The van der Waals surface area contributed by atoms with E-state index < -0.39 is 8.32 Å². The third kappa shape index (κ3) is 5.93. The lowest BCUT2D eigenvalue weighted by atomic mass is 9.84. The minimum atomic E-state index is -2.67. The summed E-state index contributed by atoms with van der Waals surface area (Å²) in [6, 6.07) is 34.9. The van der Waals surface area contributed by atoms with Crippen LogP contribution in [0.15, 0.2) is 103 Å². The van der Waals surface area contributed by atoms with Crippen LogP contribution in [0.2, 0.25) is 5.04 Å². The number of fused-ring (bicyclic) bond motifs is 1. The third-order valence-electron chi connectivity index (χ3n) is 8.98. The number of hydrogen-bond acceptors (Lipinski definition) is 3. The number of hydrogen-bond donors (Lipinski definition) is 0. The van der Waals surface area contributed by atoms with Gasteiger partial charge in [-0.25, -0.2) is 0 Å². The van der Waals surface area contributed by atoms with E-state index in [4.69, 9.17) is 14.1 Å². The SMILES string of the molecule is CCn1c(-c2cccnc2[C@H](C)OC)c(CC(C)(C)CO[Si](c2ccccc2)(c2ccccc2)C(C)(C)C)c2ccccc21. The normalized spacial score (nSPS) is 13.4. The van der Waals surface area contributed by atoms with Gasteiger partial charge in [0.15, 0.2) is 0 Å². The highest BCUT2D eigenvalue weighted by Crippen LogP contribution is 2.42. The lowest BCUT2D eigenvalue weighted by molar-refractivity contribution is 0.116. The van der Waals surface area contributed by atoms with Crippen molar-refractivity contribution in [1.82, 2.24) is 9.55 Å². The number of aryl methyl sites for hydroxylation is 1. The molecule has 44 heavy (non-hydrogen) atoms. The minimum absolute atomic E-state index is 0.0733. The highest BCUT2D eigenvalue weighted by Gasteiger charge is 2.50. The van der Waals surface area contributed by atoms with Gasteiger partial charge in [-0.05, 0) is 64.9 Å². The Kier molecular flexibility index (Phi) is 9.31. The van der Waals surface area contributed by atoms with Crippen molar-refractivity contribution < 1.29 is 9.16 Å². The summed E-state index contributed by atoms with van der Waals surface area (Å²) in [5.41, 5.74) is 5.78. The molecule has 5 aromatic rings. The Balaban J connectivity index is 1.62. The Labute approximate surface area is 265 Å². The van der Waals surface area contributed by atoms with Crippen LogP contribution in [0.1, 0.15) is 65.8 Å². The molecule has 2 heterocycles. The summed E-state index contributed by atoms with van der Waals surface area (Å²) in [5, 5.41) is 3.84. The summed E-state index contributed by atoms with van der Waals surface area (Å²) in [6.07, 6.45) is 2.62. The molecular weight excluding hydrogens is 557 g/mol. The van der Waals surface area contributed by atoms with Gasteiger partial charge >= 0.3 is 0 Å². The highest BCUT2D eigenvalue weighted by atomic mass is 28.4. The van der Waals surface area contributed by atoms with Gasteiger partial charge in [0, 0.05) is 42.9 Å². The van der Waals surface area contributed by atoms with Crippen molar-refractivity contribution in [2.24, 2.45) is 5.41 Å². The van der Waals surface area contributed by atoms with Gasteiger partial charge in [0.25, 0.3) is 8.32 Å². The van der Waals surface area contributed by atoms with E-state index >= 15 is 0 Å². The monoisotopic (exact) mass is 604 g/mol. The molecule has 4 nitrogen and oxygen atoms in total. The van der Waals surface area contributed by atoms with Crippen LogP contribution in [0, 0.1) is 5.41 Å². The van der Waals surface area contributed by atoms with E-state index in [2.05, 4.69) is 144 Å². The van der Waals surface area contributed by atoms with E-state index in [0.29, 0.717) is 6.61 Å². The van der Waals surface area contributed by atoms with E-state index in [9.17, 15) is 0 Å². The molecule has 0 amide bonds. The molecule has 1 atom stereocenters. The Morgan fingerprint density at radius 1 is 0.795 bits per heavy atom. The average molecular weight is 605 g/mol. The predicted molar refractivity (Wildman–Crippen MR) is 187 cm³/mol. The standard InChI is InChI=1S/C39H48N2O2Si/c1-9-41-35-25-17-16-23-32(35)34(37(41)33-24-18-26-40-36(33)29(2)42-8)27-39(6,7)28-43-44(38(3,4)5,30-19-12-10-13-20-30)31-21-14-11-15-22-31/h10-26,29H,9,27-28H2,1-8H3/t29-/m0/s1. The van der Waals surface area contributed by atoms with Gasteiger partial charge in [0.05, 0.1) is 17.5 Å². The lowest BCUT2D eigenvalue weighted by Crippen LogP contribution is -2.67. The maximum absolute atomic E-state index is 7.47. The highest BCUT2D eigenvalue weighted by molar-refractivity contribution is 6.99. The van der Waals surface area contributed by atoms with E-state index in [1.54, 1.807) is 7.11 Å². The maximum atomic E-state index is 7.47. The van der Waals surface area contributed by atoms with Crippen molar-refractivity contribution in [1.29, 1.82) is 0 Å². The largest absolute Gasteiger partial charge is 0.407 e. The van der Waals surface area contributed by atoms with Crippen LogP contribution in [-0.4, -0.2) is 31.6 Å². The number of rotatable bonds is 11. The first kappa shape index (κ1) is 31.9. The van der Waals surface area contributed by atoms with Crippen molar-refractivity contribution in [2.45, 2.75) is 72.6 Å². The van der Waals surface area contributed by atoms with Gasteiger partial charge in [-0.2, -0.15) is 0 Å². The van der Waals surface area contributed by atoms with Gasteiger partial charge in [-0.3, -0.25) is 4.98 Å². The summed E-state index contributed by atoms with van der Waals surface area (Å²) < 4.78 is 15.7. The molecule has 5 rings (SSSR count). The van der Waals surface area contributed by atoms with Gasteiger partial charge in [0.1, 0.15) is 0 Å². The molecule has 0 saturated heterocycles. The topological polar surface area (TPSA) is 36.3 Å². The molecule has 5 heteroatoms. The summed E-state index contributed by atoms with van der Waals surface area (Å²) in [5.74, 6) is 0. The summed E-state index contributed by atoms with van der Waals surface area (Å²) >= 11 is 0. The number of benzene rings is 3. The number of pyridine rings is 1. The average Bonchev–Trinajstić information content (AvgIpc) is 3.33. The van der Waals surface area contributed by atoms with E-state index in [-0.39, 0.29) is 16.6 Å². The van der Waals surface area contributed by atoms with E-state index in [0.717, 1.165) is 24.2 Å². The van der Waals surface area contributed by atoms with Crippen LogP contribution in [0.25, 0.3) is 22.2 Å². The number of methoxy groups -OCH3 is 1. The maximum Gasteiger partial charge on any atom is 0.261 e. The van der Waals surface area contributed by atoms with Gasteiger partial charge < -0.3 is 13.7 Å². The zero-order valence-corrected chi connectivity index (χ0v) is 28.7. The van der Waals surface area contributed by atoms with Crippen molar-refractivity contribution >= 4 is 29.6 Å². The van der Waals surface area contributed by atoms with Gasteiger partial charge in [-0.1, -0.05) is 113 Å². The van der Waals surface area contributed by atoms with Crippen molar-refractivity contribution in [2.75, 3.05) is 13.7 Å². The summed E-state index contributed by atoms with van der Waals surface area (Å²) in [4.78, 5) is 4.81. The Hall–Kier alpha value is -3.51. The molecule has 230 valence electrons. The third-order valence-corrected chi connectivity index (χ3v) is 14.0. The van der Waals surface area contributed by atoms with Crippen LogP contribution in [-0.2, 0) is 22.1 Å². The predicted octanol–water partition coefficient (Wildman–Crippen LogP) is 8.58. The molecule has 0 N–H and O–H groups in total. The quantitative estimate of drug-likeness (QED) is 0.142. The molecule has 0 spiro atoms. The fraction of sp³-hybridized carbons (Fsp3) is 0.359. The fourth-order valence-corrected chi connectivity index (χ4v) is 11.6. The molecule has 0 unspecified atom stereocenters. The van der Waals surface area contributed by atoms with Crippen LogP contribution >= 0.6 is 0 Å². The van der Waals surface area contributed by atoms with Gasteiger partial charge in [0.2, 0.25) is 0 Å². The number of aromatic nitrogens is 2. The van der Waals surface area contributed by atoms with Crippen molar-refractivity contribution in [3.63, 3.8) is 0 Å². The summed E-state index contributed by atoms with van der Waals surface area (Å²) in [7, 11) is -0.915. The van der Waals surface area contributed by atoms with Crippen molar-refractivity contribution in [3.8, 4) is 11.3 Å². The molecule has 0 radical (unpaired) electrons. The minimum Gasteiger partial charge on any atom is -0.407 e. The second-order valence-corrected chi connectivity index (χ2v) is 18.0. The first-order valence-corrected chi connectivity index (χ1v) is 17.8. The Morgan fingerprint density at radius 2 is 1.39 bits per heavy atom. The smallest absolute Gasteiger partial charge is 0.261 e. The lowest BCUT2D eigenvalue weighted by Gasteiger charge is -2.44. The molecule has 0 aliphatic carbocycles. The zero-order chi connectivity index (χ0) is 31.5. The van der Waals surface area contributed by atoms with Crippen LogP contribution in [0.4, 0.5) is 0 Å². The van der Waals surface area contributed by atoms with E-state index in [1.807, 2.05) is 12.3 Å². The molecule has 0 aliphatic rings. The molecule has 2 aromatic heterocycles. The van der Waals surface area contributed by atoms with E-state index in [1.165, 1.54) is 32.5 Å². The van der Waals surface area contributed by atoms with Crippen LogP contribution in [0.5, 0.6) is 0 Å². The number of ether oxygens (including phenoxy) is 1. The molecule has 3 aromatic carbocycles. The first-order valence-electron chi connectivity index (χ1n) is 15.9. The van der Waals surface area contributed by atoms with Crippen LogP contribution < -0.4 is 10.4 Å². The fourth-order valence-electron chi connectivity index (χ4n) is 6.84. The second-order valence-electron chi connectivity index (χ2n) is 13.7. The Bertz CT molecular complexity index is 1650. The van der Waals surface area contributed by atoms with Crippen LogP contribution in [0.3, 0.4) is 0 Å². The molecule has 0 aliphatic heterocycles. The number of nitrogens with zero attached hydrogens (tertiary/aromatic N) is 2. The van der Waals surface area contributed by atoms with Gasteiger partial charge in [-0.15, -0.1) is 0 Å². The first-order chi connectivity index (χ1) is 21.0. The second kappa shape index (κ2) is 12.8. The Morgan fingerprint density at radius 3 is 1.95 bits per heavy atom.